The molecule has 3 N–H and O–H groups in total. The van der Waals surface area contributed by atoms with Gasteiger partial charge in [0.15, 0.2) is 0 Å². The second-order valence-corrected chi connectivity index (χ2v) is 12.5. The summed E-state index contributed by atoms with van der Waals surface area (Å²) in [6.45, 7) is 18.0. The van der Waals surface area contributed by atoms with Crippen molar-refractivity contribution in [2.24, 2.45) is 34.2 Å². The van der Waals surface area contributed by atoms with E-state index in [1.165, 1.54) is 6.92 Å². The molecule has 0 amide bonds. The van der Waals surface area contributed by atoms with Gasteiger partial charge < -0.3 is 29.8 Å². The number of methoxy groups -OCH3 is 1. The van der Waals surface area contributed by atoms with Crippen molar-refractivity contribution in [1.29, 1.82) is 0 Å². The second-order valence-electron chi connectivity index (χ2n) is 12.5. The molecule has 9 heteroatoms. The molecule has 220 valence electrons. The molecule has 2 rings (SSSR count). The molecule has 0 aliphatic carbocycles. The maximum Gasteiger partial charge on any atom is 0.316 e. The van der Waals surface area contributed by atoms with E-state index in [2.05, 4.69) is 10.5 Å². The number of rotatable bonds is 4. The average molecular weight is 541 g/mol. The Morgan fingerprint density at radius 3 is 2.29 bits per heavy atom. The number of esters is 1. The minimum atomic E-state index is -1.79. The minimum Gasteiger partial charge on any atom is -0.459 e. The Labute approximate surface area is 229 Å². The topological polar surface area (TPSA) is 127 Å². The maximum atomic E-state index is 13.5. The summed E-state index contributed by atoms with van der Waals surface area (Å²) in [5.41, 5.74) is -2.66. The van der Waals surface area contributed by atoms with E-state index in [0.29, 0.717) is 18.7 Å². The quantitative estimate of drug-likeness (QED) is 0.281. The van der Waals surface area contributed by atoms with Crippen LogP contribution < -0.4 is 5.32 Å². The van der Waals surface area contributed by atoms with Crippen LogP contribution in [0.3, 0.4) is 0 Å². The van der Waals surface area contributed by atoms with Gasteiger partial charge in [-0.2, -0.15) is 0 Å². The number of cyclic esters (lactones) is 1. The number of carbonyl (C=O) groups is 2. The van der Waals surface area contributed by atoms with Gasteiger partial charge in [-0.1, -0.05) is 46.7 Å². The van der Waals surface area contributed by atoms with Crippen molar-refractivity contribution in [2.45, 2.75) is 118 Å². The zero-order chi connectivity index (χ0) is 29.1. The molecule has 9 atom stereocenters. The number of hydrogen-bond donors (Lipinski definition) is 3. The molecule has 0 aromatic rings. The van der Waals surface area contributed by atoms with Gasteiger partial charge >= 0.3 is 5.97 Å². The number of oxime groups is 1. The summed E-state index contributed by atoms with van der Waals surface area (Å²) < 4.78 is 11.8. The van der Waals surface area contributed by atoms with E-state index >= 15 is 0 Å². The molecule has 2 heterocycles. The van der Waals surface area contributed by atoms with Crippen LogP contribution in [0.15, 0.2) is 5.16 Å². The van der Waals surface area contributed by atoms with Gasteiger partial charge in [-0.25, -0.2) is 0 Å². The lowest BCUT2D eigenvalue weighted by Gasteiger charge is -2.49. The third-order valence-corrected chi connectivity index (χ3v) is 9.68. The molecule has 0 spiro atoms. The van der Waals surface area contributed by atoms with Gasteiger partial charge in [0.2, 0.25) is 0 Å². The van der Waals surface area contributed by atoms with Crippen molar-refractivity contribution in [1.82, 2.24) is 5.32 Å². The molecule has 2 fully saturated rings. The lowest BCUT2D eigenvalue weighted by Crippen LogP contribution is -2.57. The summed E-state index contributed by atoms with van der Waals surface area (Å²) in [5.74, 6) is -3.36. The van der Waals surface area contributed by atoms with Gasteiger partial charge in [0, 0.05) is 36.8 Å². The Bertz CT molecular complexity index is 852. The Kier molecular flexibility index (Phi) is 11.0. The third kappa shape index (κ3) is 6.60. The second kappa shape index (κ2) is 12.7. The summed E-state index contributed by atoms with van der Waals surface area (Å²) >= 11 is 0. The van der Waals surface area contributed by atoms with Crippen molar-refractivity contribution in [3.8, 4) is 0 Å². The number of ketones is 1. The molecular formula is C29H52N2O7. The number of piperidine rings is 1. The Balaban J connectivity index is 2.63. The molecule has 38 heavy (non-hydrogen) atoms. The summed E-state index contributed by atoms with van der Waals surface area (Å²) in [6.07, 6.45) is 0.188. The summed E-state index contributed by atoms with van der Waals surface area (Å²) in [5, 5.41) is 30.9. The largest absolute Gasteiger partial charge is 0.459 e. The van der Waals surface area contributed by atoms with Crippen molar-refractivity contribution in [3.63, 3.8) is 0 Å². The van der Waals surface area contributed by atoms with Crippen LogP contribution in [-0.4, -0.2) is 77.4 Å². The highest BCUT2D eigenvalue weighted by Gasteiger charge is 2.52. The molecule has 0 saturated carbocycles. The van der Waals surface area contributed by atoms with Gasteiger partial charge in [-0.15, -0.1) is 0 Å². The van der Waals surface area contributed by atoms with E-state index in [4.69, 9.17) is 14.3 Å². The summed E-state index contributed by atoms with van der Waals surface area (Å²) in [6, 6.07) is 0. The molecule has 0 aromatic carbocycles. The van der Waals surface area contributed by atoms with Crippen LogP contribution in [0.1, 0.15) is 88.0 Å². The fourth-order valence-corrected chi connectivity index (χ4v) is 5.99. The van der Waals surface area contributed by atoms with Crippen molar-refractivity contribution in [3.05, 3.63) is 0 Å². The first-order chi connectivity index (χ1) is 17.5. The van der Waals surface area contributed by atoms with Crippen molar-refractivity contribution < 1.29 is 34.1 Å². The van der Waals surface area contributed by atoms with E-state index in [-0.39, 0.29) is 24.2 Å². The van der Waals surface area contributed by atoms with E-state index < -0.39 is 52.5 Å². The normalized spacial score (nSPS) is 42.8. The van der Waals surface area contributed by atoms with Gasteiger partial charge in [-0.3, -0.25) is 9.59 Å². The number of carbonyl (C=O) groups excluding carboxylic acids is 2. The molecule has 2 saturated heterocycles. The molecule has 2 aliphatic heterocycles. The van der Waals surface area contributed by atoms with Crippen LogP contribution in [0.5, 0.6) is 0 Å². The zero-order valence-corrected chi connectivity index (χ0v) is 25.2. The fraction of sp³-hybridized carbons (Fsp3) is 0.897. The number of nitrogens with zero attached hydrogens (tertiary/aromatic N) is 1. The van der Waals surface area contributed by atoms with Gasteiger partial charge in [-0.05, 0) is 53.0 Å². The van der Waals surface area contributed by atoms with Crippen molar-refractivity contribution >= 4 is 17.5 Å². The standard InChI is InChI=1S/C29H52N2O7/c1-11-22-29(9,35)25(33)18(3)23(31-38-21-13-12-14-30-16-21)17(2)15-28(8,36-10)27(6,7)20(5)24(32)19(4)26(34)37-22/h17-22,25,30,33,35H,11-16H2,1-10H3/b31-23+/t17-,18+,19-,20+,21-,22-,25-,28-,29-/m1/s1. The van der Waals surface area contributed by atoms with Crippen LogP contribution in [0.4, 0.5) is 0 Å². The van der Waals surface area contributed by atoms with E-state index in [0.717, 1.165) is 19.4 Å². The van der Waals surface area contributed by atoms with Crippen LogP contribution in [0, 0.1) is 29.1 Å². The Morgan fingerprint density at radius 2 is 1.76 bits per heavy atom. The maximum absolute atomic E-state index is 13.5. The predicted octanol–water partition coefficient (Wildman–Crippen LogP) is 3.49. The van der Waals surface area contributed by atoms with E-state index in [9.17, 15) is 19.8 Å². The molecular weight excluding hydrogens is 488 g/mol. The Hall–Kier alpha value is -1.55. The number of aliphatic hydroxyl groups is 2. The molecule has 0 unspecified atom stereocenters. The molecule has 0 aromatic heterocycles. The minimum absolute atomic E-state index is 0.0878. The Morgan fingerprint density at radius 1 is 1.13 bits per heavy atom. The SMILES string of the molecule is CC[C@H]1OC(=O)[C@H](C)C(=O)[C@H](C)C(C)(C)[C@](C)(OC)C[C@@H](C)/C(=N\O[C@@H]2CCCNC2)[C@H](C)[C@@H](O)[C@]1(C)O. The molecule has 0 bridgehead atoms. The first-order valence-electron chi connectivity index (χ1n) is 14.2. The van der Waals surface area contributed by atoms with Crippen molar-refractivity contribution in [2.75, 3.05) is 20.2 Å². The monoisotopic (exact) mass is 540 g/mol. The van der Waals surface area contributed by atoms with E-state index in [1.807, 2.05) is 34.6 Å². The van der Waals surface area contributed by atoms with Crippen LogP contribution in [0.2, 0.25) is 0 Å². The molecule has 0 radical (unpaired) electrons. The lowest BCUT2D eigenvalue weighted by atomic mass is 9.62. The van der Waals surface area contributed by atoms with Gasteiger partial charge in [0.1, 0.15) is 29.5 Å². The van der Waals surface area contributed by atoms with E-state index in [1.54, 1.807) is 27.9 Å². The first-order valence-corrected chi connectivity index (χ1v) is 14.2. The first kappa shape index (κ1) is 32.7. The number of hydrogen-bond acceptors (Lipinski definition) is 9. The lowest BCUT2D eigenvalue weighted by molar-refractivity contribution is -0.188. The third-order valence-electron chi connectivity index (χ3n) is 9.68. The summed E-state index contributed by atoms with van der Waals surface area (Å²) in [4.78, 5) is 32.6. The highest BCUT2D eigenvalue weighted by molar-refractivity contribution is 6.00. The number of ether oxygens (including phenoxy) is 2. The average Bonchev–Trinajstić information content (AvgIpc) is 2.89. The van der Waals surface area contributed by atoms with Crippen LogP contribution in [0.25, 0.3) is 0 Å². The molecule has 2 aliphatic rings. The number of aliphatic hydroxyl groups excluding tert-OH is 1. The summed E-state index contributed by atoms with van der Waals surface area (Å²) in [7, 11) is 1.63. The number of nitrogens with one attached hydrogen (secondary N) is 1. The van der Waals surface area contributed by atoms with Gasteiger partial charge in [0.05, 0.1) is 17.4 Å². The molecule has 9 nitrogen and oxygen atoms in total. The zero-order valence-electron chi connectivity index (χ0n) is 25.2. The highest BCUT2D eigenvalue weighted by atomic mass is 16.6. The highest BCUT2D eigenvalue weighted by Crippen LogP contribution is 2.46. The van der Waals surface area contributed by atoms with Crippen LogP contribution >= 0.6 is 0 Å². The number of Topliss-reactive ketones (excluding diaryl/α,β-unsaturated/α-hetero) is 1. The van der Waals surface area contributed by atoms with Gasteiger partial charge in [0.25, 0.3) is 0 Å². The predicted molar refractivity (Wildman–Crippen MR) is 147 cm³/mol. The smallest absolute Gasteiger partial charge is 0.316 e. The van der Waals surface area contributed by atoms with Crippen LogP contribution in [-0.2, 0) is 23.9 Å². The fourth-order valence-electron chi connectivity index (χ4n) is 5.99.